The second-order valence-electron chi connectivity index (χ2n) is 5.75. The molecule has 3 rings (SSSR count). The van der Waals surface area contributed by atoms with Crippen LogP contribution in [0.3, 0.4) is 0 Å². The Balaban J connectivity index is 1.74. The molecule has 2 aromatic carbocycles. The van der Waals surface area contributed by atoms with Crippen LogP contribution in [0.25, 0.3) is 0 Å². The summed E-state index contributed by atoms with van der Waals surface area (Å²) in [6.45, 7) is 4.22. The molecule has 0 saturated carbocycles. The summed E-state index contributed by atoms with van der Waals surface area (Å²) in [6.07, 6.45) is 0. The molecule has 5 nitrogen and oxygen atoms in total. The van der Waals surface area contributed by atoms with Crippen LogP contribution in [0.15, 0.2) is 48.5 Å². The Bertz CT molecular complexity index is 752. The van der Waals surface area contributed by atoms with E-state index in [-0.39, 0.29) is 11.8 Å². The maximum absolute atomic E-state index is 12.5. The number of nitrogens with zero attached hydrogens (tertiary/aromatic N) is 1. The van der Waals surface area contributed by atoms with Gasteiger partial charge in [-0.05, 0) is 36.8 Å². The number of anilines is 1. The summed E-state index contributed by atoms with van der Waals surface area (Å²) in [7, 11) is 0. The average molecular weight is 324 g/mol. The topological polar surface area (TPSA) is 58.6 Å². The molecule has 0 aromatic heterocycles. The molecule has 5 heteroatoms. The molecule has 2 aromatic rings. The molecule has 0 bridgehead atoms. The number of ether oxygens (including phenoxy) is 1. The van der Waals surface area contributed by atoms with Gasteiger partial charge in [0.1, 0.15) is 0 Å². The first kappa shape index (κ1) is 16.2. The monoisotopic (exact) mass is 324 g/mol. The van der Waals surface area contributed by atoms with E-state index in [1.807, 2.05) is 25.1 Å². The molecule has 0 unspecified atom stereocenters. The number of hydrogen-bond donors (Lipinski definition) is 1. The summed E-state index contributed by atoms with van der Waals surface area (Å²) in [4.78, 5) is 26.7. The summed E-state index contributed by atoms with van der Waals surface area (Å²) in [5.41, 5.74) is 2.72. The molecular weight excluding hydrogens is 304 g/mol. The average Bonchev–Trinajstić information content (AvgIpc) is 2.62. The normalized spacial score (nSPS) is 14.3. The van der Waals surface area contributed by atoms with Crippen molar-refractivity contribution in [2.45, 2.75) is 6.92 Å². The number of nitrogens with one attached hydrogen (secondary N) is 1. The van der Waals surface area contributed by atoms with Gasteiger partial charge < -0.3 is 15.0 Å². The van der Waals surface area contributed by atoms with Crippen LogP contribution in [-0.2, 0) is 4.74 Å². The van der Waals surface area contributed by atoms with Crippen molar-refractivity contribution in [3.05, 3.63) is 65.2 Å². The Morgan fingerprint density at radius 2 is 1.79 bits per heavy atom. The van der Waals surface area contributed by atoms with E-state index in [9.17, 15) is 9.59 Å². The van der Waals surface area contributed by atoms with Crippen molar-refractivity contribution in [3.8, 4) is 0 Å². The van der Waals surface area contributed by atoms with Crippen molar-refractivity contribution in [2.75, 3.05) is 31.6 Å². The van der Waals surface area contributed by atoms with E-state index < -0.39 is 0 Å². The minimum atomic E-state index is -0.177. The van der Waals surface area contributed by atoms with Crippen LogP contribution in [-0.4, -0.2) is 43.0 Å². The molecular formula is C19H20N2O3. The van der Waals surface area contributed by atoms with Crippen LogP contribution in [0.2, 0.25) is 0 Å². The predicted molar refractivity (Wildman–Crippen MR) is 92.3 cm³/mol. The maximum atomic E-state index is 12.5. The van der Waals surface area contributed by atoms with Gasteiger partial charge in [-0.1, -0.05) is 24.3 Å². The number of carbonyl (C=O) groups excluding carboxylic acids is 2. The number of morpholine rings is 1. The third-order valence-electron chi connectivity index (χ3n) is 4.06. The molecule has 1 aliphatic rings. The zero-order valence-corrected chi connectivity index (χ0v) is 13.6. The van der Waals surface area contributed by atoms with Crippen molar-refractivity contribution in [1.29, 1.82) is 0 Å². The van der Waals surface area contributed by atoms with Gasteiger partial charge in [-0.15, -0.1) is 0 Å². The van der Waals surface area contributed by atoms with Gasteiger partial charge in [0.05, 0.1) is 13.2 Å². The van der Waals surface area contributed by atoms with E-state index in [2.05, 4.69) is 5.32 Å². The molecule has 1 N–H and O–H groups in total. The predicted octanol–water partition coefficient (Wildman–Crippen LogP) is 2.72. The van der Waals surface area contributed by atoms with Crippen LogP contribution in [0.4, 0.5) is 5.69 Å². The molecule has 1 saturated heterocycles. The highest BCUT2D eigenvalue weighted by Crippen LogP contribution is 2.16. The van der Waals surface area contributed by atoms with Gasteiger partial charge in [-0.3, -0.25) is 9.59 Å². The number of hydrogen-bond acceptors (Lipinski definition) is 3. The van der Waals surface area contributed by atoms with Crippen LogP contribution in [0, 0.1) is 6.92 Å². The van der Waals surface area contributed by atoms with Crippen LogP contribution in [0.1, 0.15) is 26.3 Å². The maximum Gasteiger partial charge on any atom is 0.255 e. The molecule has 1 heterocycles. The summed E-state index contributed by atoms with van der Waals surface area (Å²) in [6, 6.07) is 14.5. The SMILES string of the molecule is Cc1ccccc1C(=O)Nc1cccc(C(=O)N2CCOCC2)c1. The Kier molecular flexibility index (Phi) is 4.91. The zero-order chi connectivity index (χ0) is 16.9. The van der Waals surface area contributed by atoms with Gasteiger partial charge in [0.25, 0.3) is 11.8 Å². The van der Waals surface area contributed by atoms with E-state index in [0.717, 1.165) is 5.56 Å². The van der Waals surface area contributed by atoms with Gasteiger partial charge in [0, 0.05) is 29.9 Å². The lowest BCUT2D eigenvalue weighted by Crippen LogP contribution is -2.40. The van der Waals surface area contributed by atoms with Crippen LogP contribution < -0.4 is 5.32 Å². The van der Waals surface area contributed by atoms with E-state index in [1.165, 1.54) is 0 Å². The minimum Gasteiger partial charge on any atom is -0.378 e. The lowest BCUT2D eigenvalue weighted by molar-refractivity contribution is 0.0303. The smallest absolute Gasteiger partial charge is 0.255 e. The van der Waals surface area contributed by atoms with E-state index in [1.54, 1.807) is 35.2 Å². The molecule has 0 aliphatic carbocycles. The van der Waals surface area contributed by atoms with Crippen molar-refractivity contribution in [3.63, 3.8) is 0 Å². The van der Waals surface area contributed by atoms with E-state index >= 15 is 0 Å². The van der Waals surface area contributed by atoms with E-state index in [4.69, 9.17) is 4.74 Å². The second-order valence-corrected chi connectivity index (χ2v) is 5.75. The lowest BCUT2D eigenvalue weighted by atomic mass is 10.1. The number of aryl methyl sites for hydroxylation is 1. The van der Waals surface area contributed by atoms with Crippen LogP contribution >= 0.6 is 0 Å². The summed E-state index contributed by atoms with van der Waals surface area (Å²) >= 11 is 0. The number of benzene rings is 2. The van der Waals surface area contributed by atoms with Crippen LogP contribution in [0.5, 0.6) is 0 Å². The van der Waals surface area contributed by atoms with Crippen molar-refractivity contribution in [1.82, 2.24) is 4.90 Å². The third kappa shape index (κ3) is 3.63. The minimum absolute atomic E-state index is 0.0368. The fourth-order valence-corrected chi connectivity index (χ4v) is 2.71. The molecule has 0 spiro atoms. The molecule has 0 radical (unpaired) electrons. The molecule has 2 amide bonds. The second kappa shape index (κ2) is 7.27. The van der Waals surface area contributed by atoms with E-state index in [0.29, 0.717) is 43.1 Å². The zero-order valence-electron chi connectivity index (χ0n) is 13.6. The first-order valence-corrected chi connectivity index (χ1v) is 7.99. The Morgan fingerprint density at radius 1 is 1.04 bits per heavy atom. The van der Waals surface area contributed by atoms with Crippen molar-refractivity contribution in [2.24, 2.45) is 0 Å². The highest BCUT2D eigenvalue weighted by atomic mass is 16.5. The third-order valence-corrected chi connectivity index (χ3v) is 4.06. The number of carbonyl (C=O) groups is 2. The highest BCUT2D eigenvalue weighted by molar-refractivity contribution is 6.06. The fourth-order valence-electron chi connectivity index (χ4n) is 2.71. The van der Waals surface area contributed by atoms with Gasteiger partial charge in [-0.25, -0.2) is 0 Å². The standard InChI is InChI=1S/C19H20N2O3/c1-14-5-2-3-8-17(14)18(22)20-16-7-4-6-15(13-16)19(23)21-9-11-24-12-10-21/h2-8,13H,9-12H2,1H3,(H,20,22). The van der Waals surface area contributed by atoms with Gasteiger partial charge >= 0.3 is 0 Å². The van der Waals surface area contributed by atoms with Gasteiger partial charge in [0.15, 0.2) is 0 Å². The van der Waals surface area contributed by atoms with Gasteiger partial charge in [0.2, 0.25) is 0 Å². The number of rotatable bonds is 3. The fraction of sp³-hybridized carbons (Fsp3) is 0.263. The Labute approximate surface area is 141 Å². The summed E-state index contributed by atoms with van der Waals surface area (Å²) < 4.78 is 5.27. The van der Waals surface area contributed by atoms with Crippen molar-refractivity contribution >= 4 is 17.5 Å². The first-order chi connectivity index (χ1) is 11.6. The quantitative estimate of drug-likeness (QED) is 0.944. The van der Waals surface area contributed by atoms with Gasteiger partial charge in [-0.2, -0.15) is 0 Å². The Hall–Kier alpha value is -2.66. The Morgan fingerprint density at radius 3 is 2.54 bits per heavy atom. The molecule has 1 fully saturated rings. The summed E-state index contributed by atoms with van der Waals surface area (Å²) in [5.74, 6) is -0.214. The summed E-state index contributed by atoms with van der Waals surface area (Å²) in [5, 5.41) is 2.86. The number of amides is 2. The molecule has 0 atom stereocenters. The molecule has 24 heavy (non-hydrogen) atoms. The highest BCUT2D eigenvalue weighted by Gasteiger charge is 2.19. The molecule has 124 valence electrons. The van der Waals surface area contributed by atoms with Crippen molar-refractivity contribution < 1.29 is 14.3 Å². The lowest BCUT2D eigenvalue weighted by Gasteiger charge is -2.27. The largest absolute Gasteiger partial charge is 0.378 e. The molecule has 1 aliphatic heterocycles. The first-order valence-electron chi connectivity index (χ1n) is 7.99.